The zero-order chi connectivity index (χ0) is 14.8. The van der Waals surface area contributed by atoms with Gasteiger partial charge in [0.05, 0.1) is 6.42 Å². The quantitative estimate of drug-likeness (QED) is 0.856. The Kier molecular flexibility index (Phi) is 4.75. The number of hydrogen-bond donors (Lipinski definition) is 2. The molecule has 0 saturated heterocycles. The molecule has 106 valence electrons. The third-order valence-electron chi connectivity index (χ3n) is 3.87. The van der Waals surface area contributed by atoms with Gasteiger partial charge in [0.1, 0.15) is 0 Å². The second-order valence-electron chi connectivity index (χ2n) is 6.07. The maximum Gasteiger partial charge on any atom is 0.303 e. The lowest BCUT2D eigenvalue weighted by Gasteiger charge is -2.34. The van der Waals surface area contributed by atoms with Crippen molar-refractivity contribution in [2.45, 2.75) is 47.1 Å². The van der Waals surface area contributed by atoms with Crippen molar-refractivity contribution < 1.29 is 9.90 Å². The highest BCUT2D eigenvalue weighted by Gasteiger charge is 2.33. The Morgan fingerprint density at radius 2 is 1.74 bits per heavy atom. The lowest BCUT2D eigenvalue weighted by Crippen LogP contribution is -2.34. The molecular formula is C16H25NO2. The van der Waals surface area contributed by atoms with Crippen molar-refractivity contribution in [2.75, 3.05) is 7.05 Å². The van der Waals surface area contributed by atoms with Crippen LogP contribution in [0.5, 0.6) is 0 Å². The van der Waals surface area contributed by atoms with Crippen molar-refractivity contribution in [1.82, 2.24) is 5.32 Å². The SMILES string of the molecule is CNC(c1cc(C)c(C)cc1C)C(C)(C)CC(=O)O. The monoisotopic (exact) mass is 263 g/mol. The van der Waals surface area contributed by atoms with Gasteiger partial charge < -0.3 is 10.4 Å². The molecule has 1 aromatic rings. The van der Waals surface area contributed by atoms with Gasteiger partial charge in [-0.3, -0.25) is 4.79 Å². The summed E-state index contributed by atoms with van der Waals surface area (Å²) in [5.74, 6) is -0.758. The summed E-state index contributed by atoms with van der Waals surface area (Å²) in [4.78, 5) is 11.0. The van der Waals surface area contributed by atoms with Gasteiger partial charge in [-0.05, 0) is 55.5 Å². The van der Waals surface area contributed by atoms with Gasteiger partial charge in [0.2, 0.25) is 0 Å². The van der Waals surface area contributed by atoms with E-state index in [9.17, 15) is 4.79 Å². The molecule has 1 atom stereocenters. The van der Waals surface area contributed by atoms with Gasteiger partial charge in [-0.2, -0.15) is 0 Å². The molecule has 0 aliphatic carbocycles. The summed E-state index contributed by atoms with van der Waals surface area (Å²) in [7, 11) is 1.89. The summed E-state index contributed by atoms with van der Waals surface area (Å²) in [6, 6.07) is 4.38. The number of aliphatic carboxylic acids is 1. The first-order valence-electron chi connectivity index (χ1n) is 6.66. The molecule has 0 bridgehead atoms. The maximum atomic E-state index is 11.0. The molecule has 0 aromatic heterocycles. The van der Waals surface area contributed by atoms with Crippen LogP contribution in [0.1, 0.15) is 48.6 Å². The molecule has 0 saturated carbocycles. The van der Waals surface area contributed by atoms with E-state index in [-0.39, 0.29) is 17.9 Å². The third kappa shape index (κ3) is 3.57. The Hall–Kier alpha value is -1.35. The first-order chi connectivity index (χ1) is 8.69. The van der Waals surface area contributed by atoms with E-state index in [1.807, 2.05) is 20.9 Å². The van der Waals surface area contributed by atoms with E-state index in [1.165, 1.54) is 22.3 Å². The van der Waals surface area contributed by atoms with Crippen molar-refractivity contribution in [3.63, 3.8) is 0 Å². The Labute approximate surface area is 116 Å². The average molecular weight is 263 g/mol. The zero-order valence-corrected chi connectivity index (χ0v) is 12.8. The summed E-state index contributed by atoms with van der Waals surface area (Å²) < 4.78 is 0. The van der Waals surface area contributed by atoms with Crippen LogP contribution in [0.15, 0.2) is 12.1 Å². The number of nitrogens with one attached hydrogen (secondary N) is 1. The Morgan fingerprint density at radius 1 is 1.21 bits per heavy atom. The number of carboxylic acid groups (broad SMARTS) is 1. The first kappa shape index (κ1) is 15.7. The van der Waals surface area contributed by atoms with Gasteiger partial charge in [-0.15, -0.1) is 0 Å². The van der Waals surface area contributed by atoms with E-state index in [0.717, 1.165) is 0 Å². The van der Waals surface area contributed by atoms with Gasteiger partial charge >= 0.3 is 5.97 Å². The Balaban J connectivity index is 3.23. The highest BCUT2D eigenvalue weighted by molar-refractivity contribution is 5.67. The van der Waals surface area contributed by atoms with Gasteiger partial charge in [0, 0.05) is 6.04 Å². The topological polar surface area (TPSA) is 49.3 Å². The van der Waals surface area contributed by atoms with Crippen LogP contribution < -0.4 is 5.32 Å². The van der Waals surface area contributed by atoms with Crippen LogP contribution in [-0.4, -0.2) is 18.1 Å². The number of benzene rings is 1. The largest absolute Gasteiger partial charge is 0.481 e. The smallest absolute Gasteiger partial charge is 0.303 e. The van der Waals surface area contributed by atoms with Crippen LogP contribution in [-0.2, 0) is 4.79 Å². The molecule has 0 aliphatic heterocycles. The predicted octanol–water partition coefficient (Wildman–Crippen LogP) is 3.37. The second kappa shape index (κ2) is 5.74. The normalized spacial score (nSPS) is 13.4. The second-order valence-corrected chi connectivity index (χ2v) is 6.07. The van der Waals surface area contributed by atoms with Crippen molar-refractivity contribution in [3.8, 4) is 0 Å². The summed E-state index contributed by atoms with van der Waals surface area (Å²) in [5.41, 5.74) is 4.57. The summed E-state index contributed by atoms with van der Waals surface area (Å²) in [6.07, 6.45) is 0.144. The molecule has 0 spiro atoms. The van der Waals surface area contributed by atoms with Crippen molar-refractivity contribution in [3.05, 3.63) is 34.4 Å². The average Bonchev–Trinajstić information content (AvgIpc) is 2.24. The van der Waals surface area contributed by atoms with E-state index < -0.39 is 5.97 Å². The summed E-state index contributed by atoms with van der Waals surface area (Å²) in [5, 5.41) is 12.4. The van der Waals surface area contributed by atoms with E-state index in [0.29, 0.717) is 0 Å². The minimum absolute atomic E-state index is 0.0305. The minimum atomic E-state index is -0.758. The van der Waals surface area contributed by atoms with E-state index in [2.05, 4.69) is 38.2 Å². The lowest BCUT2D eigenvalue weighted by atomic mass is 9.76. The highest BCUT2D eigenvalue weighted by atomic mass is 16.4. The van der Waals surface area contributed by atoms with Gasteiger partial charge in [-0.25, -0.2) is 0 Å². The van der Waals surface area contributed by atoms with Crippen molar-refractivity contribution in [1.29, 1.82) is 0 Å². The molecule has 0 aliphatic rings. The van der Waals surface area contributed by atoms with Gasteiger partial charge in [0.25, 0.3) is 0 Å². The van der Waals surface area contributed by atoms with Crippen molar-refractivity contribution >= 4 is 5.97 Å². The molecule has 1 unspecified atom stereocenters. The molecule has 3 nitrogen and oxygen atoms in total. The number of hydrogen-bond acceptors (Lipinski definition) is 2. The first-order valence-corrected chi connectivity index (χ1v) is 6.66. The fourth-order valence-corrected chi connectivity index (χ4v) is 2.75. The summed E-state index contributed by atoms with van der Waals surface area (Å²) in [6.45, 7) is 10.3. The fourth-order valence-electron chi connectivity index (χ4n) is 2.75. The molecule has 3 heteroatoms. The molecule has 0 fully saturated rings. The predicted molar refractivity (Wildman–Crippen MR) is 78.5 cm³/mol. The number of aryl methyl sites for hydroxylation is 3. The van der Waals surface area contributed by atoms with E-state index in [1.54, 1.807) is 0 Å². The Morgan fingerprint density at radius 3 is 2.21 bits per heavy atom. The molecule has 2 N–H and O–H groups in total. The summed E-state index contributed by atoms with van der Waals surface area (Å²) >= 11 is 0. The molecule has 1 aromatic carbocycles. The third-order valence-corrected chi connectivity index (χ3v) is 3.87. The molecule has 1 rings (SSSR count). The number of carboxylic acids is 1. The molecule has 0 heterocycles. The number of rotatable bonds is 5. The Bertz CT molecular complexity index is 478. The fraction of sp³-hybridized carbons (Fsp3) is 0.562. The van der Waals surface area contributed by atoms with Crippen molar-refractivity contribution in [2.24, 2.45) is 5.41 Å². The van der Waals surface area contributed by atoms with Gasteiger partial charge in [-0.1, -0.05) is 26.0 Å². The van der Waals surface area contributed by atoms with E-state index in [4.69, 9.17) is 5.11 Å². The van der Waals surface area contributed by atoms with Crippen LogP contribution in [0.2, 0.25) is 0 Å². The zero-order valence-electron chi connectivity index (χ0n) is 12.8. The van der Waals surface area contributed by atoms with E-state index >= 15 is 0 Å². The maximum absolute atomic E-state index is 11.0. The van der Waals surface area contributed by atoms with Crippen LogP contribution in [0.25, 0.3) is 0 Å². The van der Waals surface area contributed by atoms with Crippen LogP contribution >= 0.6 is 0 Å². The highest BCUT2D eigenvalue weighted by Crippen LogP contribution is 2.38. The van der Waals surface area contributed by atoms with Crippen LogP contribution in [0.3, 0.4) is 0 Å². The standard InChI is InChI=1S/C16H25NO2/c1-10-7-12(3)13(8-11(10)2)15(17-6)16(4,5)9-14(18)19/h7-8,15,17H,9H2,1-6H3,(H,18,19). The number of carbonyl (C=O) groups is 1. The van der Waals surface area contributed by atoms with Crippen LogP contribution in [0.4, 0.5) is 0 Å². The molecule has 19 heavy (non-hydrogen) atoms. The van der Waals surface area contributed by atoms with Gasteiger partial charge in [0.15, 0.2) is 0 Å². The lowest BCUT2D eigenvalue weighted by molar-refractivity contribution is -0.139. The van der Waals surface area contributed by atoms with Crippen LogP contribution in [0, 0.1) is 26.2 Å². The molecular weight excluding hydrogens is 238 g/mol. The molecule has 0 amide bonds. The molecule has 0 radical (unpaired) electrons. The minimum Gasteiger partial charge on any atom is -0.481 e.